The fourth-order valence-corrected chi connectivity index (χ4v) is 3.22. The average Bonchev–Trinajstić information content (AvgIpc) is 3.05. The molecular formula is C32H62O13. The molecule has 0 aliphatic rings. The quantitative estimate of drug-likeness (QED) is 0.0707. The van der Waals surface area contributed by atoms with E-state index in [4.69, 9.17) is 68.0 Å². The molecule has 45 heavy (non-hydrogen) atoms. The molecule has 0 heterocycles. The van der Waals surface area contributed by atoms with E-state index in [1.807, 2.05) is 0 Å². The smallest absolute Gasteiger partial charge is 0.107 e. The molecule has 0 aliphatic carbocycles. The van der Waals surface area contributed by atoms with Crippen molar-refractivity contribution in [2.45, 2.75) is 26.2 Å². The fraction of sp³-hybridized carbons (Fsp3) is 0.938. The van der Waals surface area contributed by atoms with Gasteiger partial charge in [-0.1, -0.05) is 25.7 Å². The van der Waals surface area contributed by atoms with Gasteiger partial charge in [-0.2, -0.15) is 0 Å². The summed E-state index contributed by atoms with van der Waals surface area (Å²) in [6.07, 6.45) is 8.62. The summed E-state index contributed by atoms with van der Waals surface area (Å²) in [6.45, 7) is 15.9. The van der Waals surface area contributed by atoms with Crippen LogP contribution in [-0.4, -0.2) is 172 Å². The molecule has 0 saturated carbocycles. The van der Waals surface area contributed by atoms with Gasteiger partial charge in [0.1, 0.15) is 6.61 Å². The lowest BCUT2D eigenvalue weighted by Gasteiger charge is -2.09. The molecule has 0 radical (unpaired) electrons. The summed E-state index contributed by atoms with van der Waals surface area (Å²) in [5.74, 6) is 2.40. The van der Waals surface area contributed by atoms with Gasteiger partial charge in [0.25, 0.3) is 0 Å². The van der Waals surface area contributed by atoms with E-state index in [0.717, 1.165) is 13.0 Å². The van der Waals surface area contributed by atoms with Crippen molar-refractivity contribution in [2.75, 3.05) is 172 Å². The van der Waals surface area contributed by atoms with Gasteiger partial charge in [-0.25, -0.2) is 0 Å². The van der Waals surface area contributed by atoms with Crippen LogP contribution in [0.1, 0.15) is 26.2 Å². The Bertz CT molecular complexity index is 566. The number of unbranched alkanes of at least 4 members (excludes halogenated alkanes) is 2. The number of hydrogen-bond donors (Lipinski definition) is 0. The molecule has 0 aromatic rings. The monoisotopic (exact) mass is 654 g/mol. The third-order valence-corrected chi connectivity index (χ3v) is 5.54. The van der Waals surface area contributed by atoms with Crippen LogP contribution in [-0.2, 0) is 61.6 Å². The Morgan fingerprint density at radius 1 is 0.289 bits per heavy atom. The maximum Gasteiger partial charge on any atom is 0.107 e. The highest BCUT2D eigenvalue weighted by molar-refractivity contribution is 4.82. The van der Waals surface area contributed by atoms with E-state index >= 15 is 0 Å². The standard InChI is InChI=1S/C32H62O13/c1-3-5-6-8-34-10-12-36-14-16-38-18-20-40-22-24-42-26-28-44-30-32-45-31-29-43-27-25-41-23-21-39-19-17-37-15-13-35-11-9-33-7-4-2/h2H,3,5-32H2,1H3. The van der Waals surface area contributed by atoms with Gasteiger partial charge in [0.15, 0.2) is 0 Å². The van der Waals surface area contributed by atoms with E-state index in [2.05, 4.69) is 12.8 Å². The topological polar surface area (TPSA) is 120 Å². The molecule has 0 aromatic carbocycles. The van der Waals surface area contributed by atoms with Crippen LogP contribution >= 0.6 is 0 Å². The van der Waals surface area contributed by atoms with Crippen LogP contribution in [0.3, 0.4) is 0 Å². The largest absolute Gasteiger partial charge is 0.379 e. The average molecular weight is 655 g/mol. The van der Waals surface area contributed by atoms with E-state index in [1.54, 1.807) is 0 Å². The molecule has 0 N–H and O–H groups in total. The first-order chi connectivity index (χ1) is 22.4. The van der Waals surface area contributed by atoms with E-state index in [1.165, 1.54) is 12.8 Å². The minimum atomic E-state index is 0.308. The van der Waals surface area contributed by atoms with E-state index in [-0.39, 0.29) is 0 Å². The van der Waals surface area contributed by atoms with Crippen molar-refractivity contribution in [2.24, 2.45) is 0 Å². The van der Waals surface area contributed by atoms with Gasteiger partial charge in [0.2, 0.25) is 0 Å². The molecule has 268 valence electrons. The van der Waals surface area contributed by atoms with Crippen LogP contribution < -0.4 is 0 Å². The second-order valence-electron chi connectivity index (χ2n) is 9.31. The maximum absolute atomic E-state index is 5.48. The number of terminal acetylenes is 1. The van der Waals surface area contributed by atoms with Crippen LogP contribution in [0.25, 0.3) is 0 Å². The highest BCUT2D eigenvalue weighted by atomic mass is 16.6. The zero-order chi connectivity index (χ0) is 32.4. The van der Waals surface area contributed by atoms with Gasteiger partial charge >= 0.3 is 0 Å². The molecule has 0 saturated heterocycles. The summed E-state index contributed by atoms with van der Waals surface area (Å²) in [7, 11) is 0. The molecule has 0 spiro atoms. The molecule has 0 amide bonds. The van der Waals surface area contributed by atoms with Crippen molar-refractivity contribution >= 4 is 0 Å². The van der Waals surface area contributed by atoms with Gasteiger partial charge in [-0.15, -0.1) is 6.42 Å². The second-order valence-corrected chi connectivity index (χ2v) is 9.31. The van der Waals surface area contributed by atoms with Crippen molar-refractivity contribution in [3.05, 3.63) is 0 Å². The summed E-state index contributed by atoms with van der Waals surface area (Å²) < 4.78 is 70.5. The number of rotatable bonds is 41. The summed E-state index contributed by atoms with van der Waals surface area (Å²) in [5, 5.41) is 0. The van der Waals surface area contributed by atoms with Crippen molar-refractivity contribution in [3.8, 4) is 12.3 Å². The van der Waals surface area contributed by atoms with Crippen LogP contribution in [0, 0.1) is 12.3 Å². The fourth-order valence-electron chi connectivity index (χ4n) is 3.22. The summed E-state index contributed by atoms with van der Waals surface area (Å²) in [4.78, 5) is 0. The zero-order valence-corrected chi connectivity index (χ0v) is 27.9. The normalized spacial score (nSPS) is 11.4. The second kappa shape index (κ2) is 43.0. The van der Waals surface area contributed by atoms with Gasteiger partial charge in [0, 0.05) is 6.61 Å². The number of hydrogen-bond acceptors (Lipinski definition) is 13. The highest BCUT2D eigenvalue weighted by Crippen LogP contribution is 1.94. The number of ether oxygens (including phenoxy) is 13. The first-order valence-corrected chi connectivity index (χ1v) is 16.4. The molecule has 0 rings (SSSR count). The van der Waals surface area contributed by atoms with Gasteiger partial charge in [0.05, 0.1) is 159 Å². The van der Waals surface area contributed by atoms with Gasteiger partial charge < -0.3 is 61.6 Å². The van der Waals surface area contributed by atoms with Crippen molar-refractivity contribution < 1.29 is 61.6 Å². The molecule has 0 unspecified atom stereocenters. The third-order valence-electron chi connectivity index (χ3n) is 5.54. The molecule has 0 atom stereocenters. The van der Waals surface area contributed by atoms with Gasteiger partial charge in [-0.05, 0) is 6.42 Å². The van der Waals surface area contributed by atoms with Crippen molar-refractivity contribution in [1.82, 2.24) is 0 Å². The van der Waals surface area contributed by atoms with E-state index in [9.17, 15) is 0 Å². The first-order valence-electron chi connectivity index (χ1n) is 16.4. The Balaban J connectivity index is 3.03. The minimum Gasteiger partial charge on any atom is -0.379 e. The van der Waals surface area contributed by atoms with Crippen LogP contribution in [0.5, 0.6) is 0 Å². The molecule has 0 aromatic heterocycles. The summed E-state index contributed by atoms with van der Waals surface area (Å²) in [5.41, 5.74) is 0. The summed E-state index contributed by atoms with van der Waals surface area (Å²) in [6, 6.07) is 0. The predicted octanol–water partition coefficient (Wildman–Crippen LogP) is 2.03. The Kier molecular flexibility index (Phi) is 42.1. The zero-order valence-electron chi connectivity index (χ0n) is 27.9. The minimum absolute atomic E-state index is 0.308. The molecular weight excluding hydrogens is 592 g/mol. The molecule has 0 fully saturated rings. The van der Waals surface area contributed by atoms with Crippen molar-refractivity contribution in [3.63, 3.8) is 0 Å². The maximum atomic E-state index is 5.48. The SMILES string of the molecule is C#CCOCCOCCOCCOCCOCCOCCOCCOCCOCCOCCOCCOCCOCCCCC. The Morgan fingerprint density at radius 3 is 0.689 bits per heavy atom. The van der Waals surface area contributed by atoms with Crippen LogP contribution in [0.2, 0.25) is 0 Å². The first kappa shape index (κ1) is 44.0. The van der Waals surface area contributed by atoms with Crippen LogP contribution in [0.15, 0.2) is 0 Å². The Labute approximate surface area is 272 Å². The van der Waals surface area contributed by atoms with Gasteiger partial charge in [-0.3, -0.25) is 0 Å². The lowest BCUT2D eigenvalue weighted by molar-refractivity contribution is -0.0289. The highest BCUT2D eigenvalue weighted by Gasteiger charge is 1.97. The molecule has 13 nitrogen and oxygen atoms in total. The van der Waals surface area contributed by atoms with E-state index in [0.29, 0.717) is 165 Å². The molecule has 0 aliphatic heterocycles. The lowest BCUT2D eigenvalue weighted by atomic mass is 10.3. The van der Waals surface area contributed by atoms with E-state index < -0.39 is 0 Å². The van der Waals surface area contributed by atoms with Crippen LogP contribution in [0.4, 0.5) is 0 Å². The third kappa shape index (κ3) is 43.0. The summed E-state index contributed by atoms with van der Waals surface area (Å²) >= 11 is 0. The Hall–Kier alpha value is -0.960. The Morgan fingerprint density at radius 2 is 0.489 bits per heavy atom. The molecule has 13 heteroatoms. The lowest BCUT2D eigenvalue weighted by Crippen LogP contribution is -2.15. The predicted molar refractivity (Wildman–Crippen MR) is 169 cm³/mol. The molecule has 0 bridgehead atoms. The van der Waals surface area contributed by atoms with Crippen molar-refractivity contribution in [1.29, 1.82) is 0 Å².